The Hall–Kier alpha value is -1.36. The van der Waals surface area contributed by atoms with Crippen molar-refractivity contribution in [1.29, 1.82) is 0 Å². The van der Waals surface area contributed by atoms with Crippen LogP contribution in [0.5, 0.6) is 0 Å². The summed E-state index contributed by atoms with van der Waals surface area (Å²) in [6.45, 7) is 7.73. The van der Waals surface area contributed by atoms with Crippen LogP contribution >= 0.6 is 0 Å². The van der Waals surface area contributed by atoms with Gasteiger partial charge in [-0.1, -0.05) is 6.58 Å². The predicted octanol–water partition coefficient (Wildman–Crippen LogP) is 0.739. The summed E-state index contributed by atoms with van der Waals surface area (Å²) in [6, 6.07) is -0.606. The molecule has 0 radical (unpaired) electrons. The molecule has 0 aliphatic heterocycles. The Morgan fingerprint density at radius 1 is 1.41 bits per heavy atom. The van der Waals surface area contributed by atoms with Gasteiger partial charge in [-0.15, -0.1) is 0 Å². The van der Waals surface area contributed by atoms with Gasteiger partial charge in [0.1, 0.15) is 6.04 Å². The Balaban J connectivity index is 4.33. The lowest BCUT2D eigenvalue weighted by molar-refractivity contribution is -0.147. The lowest BCUT2D eigenvalue weighted by Gasteiger charge is -2.17. The molecule has 0 heterocycles. The van der Waals surface area contributed by atoms with E-state index >= 15 is 0 Å². The van der Waals surface area contributed by atoms with Crippen LogP contribution in [0.25, 0.3) is 0 Å². The number of ether oxygens (including phenoxy) is 1. The van der Waals surface area contributed by atoms with Crippen molar-refractivity contribution >= 4 is 11.9 Å². The quantitative estimate of drug-likeness (QED) is 0.374. The lowest BCUT2D eigenvalue weighted by atomic mass is 10.1. The van der Waals surface area contributed by atoms with Crippen molar-refractivity contribution < 1.29 is 14.3 Å². The standard InChI is InChI=1S/C12H22N2O3/c1-4-17-12(16)10(7-5-6-8-13)14-11(15)9(2)3/h10H,2,4-8,13H2,1,3H3,(H,14,15). The highest BCUT2D eigenvalue weighted by Crippen LogP contribution is 2.04. The van der Waals surface area contributed by atoms with Crippen LogP contribution in [-0.4, -0.2) is 31.1 Å². The molecule has 0 bridgehead atoms. The Morgan fingerprint density at radius 2 is 2.06 bits per heavy atom. The molecular formula is C12H22N2O3. The van der Waals surface area contributed by atoms with E-state index in [1.165, 1.54) is 0 Å². The first kappa shape index (κ1) is 15.6. The van der Waals surface area contributed by atoms with Gasteiger partial charge in [0.2, 0.25) is 5.91 Å². The van der Waals surface area contributed by atoms with E-state index in [4.69, 9.17) is 10.5 Å². The lowest BCUT2D eigenvalue weighted by Crippen LogP contribution is -2.42. The molecule has 17 heavy (non-hydrogen) atoms. The molecule has 1 amide bonds. The summed E-state index contributed by atoms with van der Waals surface area (Å²) >= 11 is 0. The maximum Gasteiger partial charge on any atom is 0.328 e. The summed E-state index contributed by atoms with van der Waals surface area (Å²) in [7, 11) is 0. The maximum atomic E-state index is 11.6. The Bertz CT molecular complexity index is 277. The molecule has 0 aliphatic rings. The van der Waals surface area contributed by atoms with Crippen LogP contribution in [0.15, 0.2) is 12.2 Å². The highest BCUT2D eigenvalue weighted by Gasteiger charge is 2.21. The number of nitrogens with one attached hydrogen (secondary N) is 1. The highest BCUT2D eigenvalue weighted by atomic mass is 16.5. The normalized spacial score (nSPS) is 11.7. The number of hydrogen-bond donors (Lipinski definition) is 2. The first-order chi connectivity index (χ1) is 8.02. The second-order valence-corrected chi connectivity index (χ2v) is 3.84. The summed E-state index contributed by atoms with van der Waals surface area (Å²) in [5.74, 6) is -0.727. The van der Waals surface area contributed by atoms with E-state index < -0.39 is 12.0 Å². The van der Waals surface area contributed by atoms with Gasteiger partial charge in [-0.3, -0.25) is 4.79 Å². The number of carbonyl (C=O) groups excluding carboxylic acids is 2. The molecular weight excluding hydrogens is 220 g/mol. The maximum absolute atomic E-state index is 11.6. The molecule has 98 valence electrons. The van der Waals surface area contributed by atoms with Crippen molar-refractivity contribution in [3.63, 3.8) is 0 Å². The molecule has 5 nitrogen and oxygen atoms in total. The monoisotopic (exact) mass is 242 g/mol. The zero-order valence-corrected chi connectivity index (χ0v) is 10.6. The van der Waals surface area contributed by atoms with E-state index in [9.17, 15) is 9.59 Å². The summed E-state index contributed by atoms with van der Waals surface area (Å²) in [5.41, 5.74) is 5.75. The van der Waals surface area contributed by atoms with Gasteiger partial charge >= 0.3 is 5.97 Å². The van der Waals surface area contributed by atoms with Crippen molar-refractivity contribution in [3.05, 3.63) is 12.2 Å². The zero-order chi connectivity index (χ0) is 13.3. The Labute approximate surface area is 102 Å². The largest absolute Gasteiger partial charge is 0.464 e. The smallest absolute Gasteiger partial charge is 0.328 e. The van der Waals surface area contributed by atoms with Crippen LogP contribution in [0.3, 0.4) is 0 Å². The first-order valence-corrected chi connectivity index (χ1v) is 5.86. The molecule has 0 saturated heterocycles. The van der Waals surface area contributed by atoms with Gasteiger partial charge in [0.25, 0.3) is 0 Å². The van der Waals surface area contributed by atoms with Crippen LogP contribution in [0, 0.1) is 0 Å². The first-order valence-electron chi connectivity index (χ1n) is 5.86. The average molecular weight is 242 g/mol. The Morgan fingerprint density at radius 3 is 2.53 bits per heavy atom. The number of carbonyl (C=O) groups is 2. The fraction of sp³-hybridized carbons (Fsp3) is 0.667. The topological polar surface area (TPSA) is 81.4 Å². The number of rotatable bonds is 8. The van der Waals surface area contributed by atoms with Crippen LogP contribution < -0.4 is 11.1 Å². The number of unbranched alkanes of at least 4 members (excludes halogenated alkanes) is 1. The second kappa shape index (κ2) is 8.75. The molecule has 3 N–H and O–H groups in total. The molecule has 0 aromatic rings. The van der Waals surface area contributed by atoms with E-state index in [0.29, 0.717) is 25.1 Å². The molecule has 0 rings (SSSR count). The van der Waals surface area contributed by atoms with Crippen molar-refractivity contribution in [3.8, 4) is 0 Å². The third-order valence-corrected chi connectivity index (χ3v) is 2.21. The summed E-state index contributed by atoms with van der Waals surface area (Å²) < 4.78 is 4.90. The van der Waals surface area contributed by atoms with E-state index in [-0.39, 0.29) is 5.91 Å². The van der Waals surface area contributed by atoms with Crippen LogP contribution in [0.1, 0.15) is 33.1 Å². The molecule has 0 aromatic carbocycles. The number of esters is 1. The molecule has 0 aliphatic carbocycles. The summed E-state index contributed by atoms with van der Waals surface area (Å²) in [5, 5.41) is 2.61. The fourth-order valence-corrected chi connectivity index (χ4v) is 1.27. The van der Waals surface area contributed by atoms with Crippen molar-refractivity contribution in [2.45, 2.75) is 39.2 Å². The van der Waals surface area contributed by atoms with Gasteiger partial charge in [0, 0.05) is 5.57 Å². The molecule has 0 saturated carbocycles. The molecule has 5 heteroatoms. The average Bonchev–Trinajstić information content (AvgIpc) is 2.27. The van der Waals surface area contributed by atoms with Crippen LogP contribution in [-0.2, 0) is 14.3 Å². The number of amides is 1. The zero-order valence-electron chi connectivity index (χ0n) is 10.6. The number of hydrogen-bond acceptors (Lipinski definition) is 4. The van der Waals surface area contributed by atoms with Gasteiger partial charge in [-0.2, -0.15) is 0 Å². The molecule has 1 atom stereocenters. The minimum atomic E-state index is -0.606. The summed E-state index contributed by atoms with van der Waals surface area (Å²) in [4.78, 5) is 23.0. The molecule has 0 fully saturated rings. The molecule has 0 spiro atoms. The van der Waals surface area contributed by atoms with Crippen molar-refractivity contribution in [1.82, 2.24) is 5.32 Å². The Kier molecular flexibility index (Phi) is 8.05. The highest BCUT2D eigenvalue weighted by molar-refractivity contribution is 5.95. The van der Waals surface area contributed by atoms with Crippen molar-refractivity contribution in [2.24, 2.45) is 5.73 Å². The molecule has 0 aromatic heterocycles. The van der Waals surface area contributed by atoms with Gasteiger partial charge in [-0.05, 0) is 39.7 Å². The second-order valence-electron chi connectivity index (χ2n) is 3.84. The van der Waals surface area contributed by atoms with E-state index in [0.717, 1.165) is 12.8 Å². The van der Waals surface area contributed by atoms with E-state index in [1.54, 1.807) is 13.8 Å². The predicted molar refractivity (Wildman–Crippen MR) is 66.3 cm³/mol. The fourth-order valence-electron chi connectivity index (χ4n) is 1.27. The van der Waals surface area contributed by atoms with E-state index in [1.807, 2.05) is 0 Å². The third kappa shape index (κ3) is 6.73. The van der Waals surface area contributed by atoms with Gasteiger partial charge in [-0.25, -0.2) is 4.79 Å². The third-order valence-electron chi connectivity index (χ3n) is 2.21. The van der Waals surface area contributed by atoms with E-state index in [2.05, 4.69) is 11.9 Å². The van der Waals surface area contributed by atoms with Gasteiger partial charge < -0.3 is 15.8 Å². The molecule has 1 unspecified atom stereocenters. The minimum absolute atomic E-state index is 0.301. The minimum Gasteiger partial charge on any atom is -0.464 e. The van der Waals surface area contributed by atoms with Gasteiger partial charge in [0.05, 0.1) is 6.61 Å². The summed E-state index contributed by atoms with van der Waals surface area (Å²) in [6.07, 6.45) is 2.13. The van der Waals surface area contributed by atoms with Crippen molar-refractivity contribution in [2.75, 3.05) is 13.2 Å². The number of nitrogens with two attached hydrogens (primary N) is 1. The van der Waals surface area contributed by atoms with Crippen LogP contribution in [0.4, 0.5) is 0 Å². The SMILES string of the molecule is C=C(C)C(=O)NC(CCCCN)C(=O)OCC. The van der Waals surface area contributed by atoms with Crippen LogP contribution in [0.2, 0.25) is 0 Å². The van der Waals surface area contributed by atoms with Gasteiger partial charge in [0.15, 0.2) is 0 Å².